The molecule has 134 valence electrons. The highest BCUT2D eigenvalue weighted by atomic mass is 32.1. The summed E-state index contributed by atoms with van der Waals surface area (Å²) in [6, 6.07) is 5.61. The average Bonchev–Trinajstić information content (AvgIpc) is 3.13. The fourth-order valence-corrected chi connectivity index (χ4v) is 3.54. The molecular formula is C17H16FN5O2S. The van der Waals surface area contributed by atoms with Crippen LogP contribution in [0.15, 0.2) is 30.6 Å². The lowest BCUT2D eigenvalue weighted by Crippen LogP contribution is -2.39. The molecule has 1 amide bonds. The third-order valence-electron chi connectivity index (χ3n) is 4.39. The topological polar surface area (TPSA) is 89.9 Å². The Labute approximate surface area is 153 Å². The molecule has 2 aromatic heterocycles. The van der Waals surface area contributed by atoms with Crippen LogP contribution in [0.4, 0.5) is 4.39 Å². The standard InChI is InChI=1S/C17H16FN5O2S/c18-11-8-19-17(20-9-11)25-13-4-2-12(3-5-13)21-16(24)10-1-6-14-15(7-10)23-26-22-14/h1,6-9,12-13H,2-5H2,(H,21,24). The highest BCUT2D eigenvalue weighted by molar-refractivity contribution is 7.00. The largest absolute Gasteiger partial charge is 0.460 e. The van der Waals surface area contributed by atoms with Gasteiger partial charge >= 0.3 is 6.01 Å². The maximum absolute atomic E-state index is 12.8. The highest BCUT2D eigenvalue weighted by Gasteiger charge is 2.24. The Kier molecular flexibility index (Phi) is 4.70. The van der Waals surface area contributed by atoms with E-state index in [1.807, 2.05) is 0 Å². The number of halogens is 1. The zero-order chi connectivity index (χ0) is 17.9. The third-order valence-corrected chi connectivity index (χ3v) is 4.95. The molecular weight excluding hydrogens is 357 g/mol. The van der Waals surface area contributed by atoms with Gasteiger partial charge in [0.2, 0.25) is 0 Å². The number of fused-ring (bicyclic) bond motifs is 1. The van der Waals surface area contributed by atoms with E-state index in [9.17, 15) is 9.18 Å². The minimum absolute atomic E-state index is 0.0222. The monoisotopic (exact) mass is 373 g/mol. The van der Waals surface area contributed by atoms with Gasteiger partial charge in [-0.25, -0.2) is 14.4 Å². The van der Waals surface area contributed by atoms with Crippen LogP contribution in [0.3, 0.4) is 0 Å². The minimum Gasteiger partial charge on any atom is -0.460 e. The van der Waals surface area contributed by atoms with Gasteiger partial charge in [0.15, 0.2) is 5.82 Å². The van der Waals surface area contributed by atoms with E-state index in [0.717, 1.165) is 60.8 Å². The number of amides is 1. The van der Waals surface area contributed by atoms with Gasteiger partial charge in [0.05, 0.1) is 24.1 Å². The lowest BCUT2D eigenvalue weighted by molar-refractivity contribution is 0.0885. The van der Waals surface area contributed by atoms with Crippen molar-refractivity contribution >= 4 is 28.7 Å². The van der Waals surface area contributed by atoms with Crippen LogP contribution < -0.4 is 10.1 Å². The normalized spacial score (nSPS) is 20.0. The number of carbonyl (C=O) groups excluding carboxylic acids is 1. The van der Waals surface area contributed by atoms with Gasteiger partial charge in [-0.2, -0.15) is 8.75 Å². The number of aromatic nitrogens is 4. The summed E-state index contributed by atoms with van der Waals surface area (Å²) in [7, 11) is 0. The van der Waals surface area contributed by atoms with Crippen LogP contribution in [0.2, 0.25) is 0 Å². The Morgan fingerprint density at radius 1 is 1.12 bits per heavy atom. The molecule has 2 heterocycles. The van der Waals surface area contributed by atoms with Gasteiger partial charge in [-0.1, -0.05) is 0 Å². The van der Waals surface area contributed by atoms with E-state index < -0.39 is 5.82 Å². The summed E-state index contributed by atoms with van der Waals surface area (Å²) in [5.74, 6) is -0.596. The second kappa shape index (κ2) is 7.28. The Morgan fingerprint density at radius 3 is 2.62 bits per heavy atom. The maximum atomic E-state index is 12.8. The molecule has 0 aliphatic heterocycles. The molecule has 0 radical (unpaired) electrons. The van der Waals surface area contributed by atoms with Crippen LogP contribution in [-0.2, 0) is 0 Å². The van der Waals surface area contributed by atoms with Crippen LogP contribution in [0, 0.1) is 5.82 Å². The molecule has 1 aliphatic rings. The Bertz CT molecular complexity index is 909. The van der Waals surface area contributed by atoms with Gasteiger partial charge in [-0.3, -0.25) is 4.79 Å². The molecule has 1 fully saturated rings. The van der Waals surface area contributed by atoms with E-state index in [0.29, 0.717) is 5.56 Å². The van der Waals surface area contributed by atoms with Crippen molar-refractivity contribution in [2.24, 2.45) is 0 Å². The molecule has 4 rings (SSSR count). The SMILES string of the molecule is O=C(NC1CCC(Oc2ncc(F)cn2)CC1)c1ccc2nsnc2c1. The van der Waals surface area contributed by atoms with Crippen LogP contribution in [0.1, 0.15) is 36.0 Å². The molecule has 0 spiro atoms. The van der Waals surface area contributed by atoms with E-state index in [-0.39, 0.29) is 24.1 Å². The Balaban J connectivity index is 1.30. The van der Waals surface area contributed by atoms with Crippen molar-refractivity contribution in [1.82, 2.24) is 24.0 Å². The van der Waals surface area contributed by atoms with Crippen molar-refractivity contribution in [3.8, 4) is 6.01 Å². The molecule has 7 nitrogen and oxygen atoms in total. The van der Waals surface area contributed by atoms with Crippen molar-refractivity contribution in [1.29, 1.82) is 0 Å². The van der Waals surface area contributed by atoms with Crippen LogP contribution in [0.25, 0.3) is 11.0 Å². The van der Waals surface area contributed by atoms with Gasteiger partial charge in [0.1, 0.15) is 17.1 Å². The van der Waals surface area contributed by atoms with Gasteiger partial charge in [-0.05, 0) is 43.9 Å². The number of hydrogen-bond acceptors (Lipinski definition) is 7. The quantitative estimate of drug-likeness (QED) is 0.756. The van der Waals surface area contributed by atoms with E-state index in [2.05, 4.69) is 24.0 Å². The minimum atomic E-state index is -0.490. The molecule has 1 aliphatic carbocycles. The first-order valence-corrected chi connectivity index (χ1v) is 9.08. The molecule has 0 atom stereocenters. The van der Waals surface area contributed by atoms with Crippen LogP contribution in [0.5, 0.6) is 6.01 Å². The van der Waals surface area contributed by atoms with Gasteiger partial charge in [0.25, 0.3) is 5.91 Å². The third kappa shape index (κ3) is 3.77. The summed E-state index contributed by atoms with van der Waals surface area (Å²) in [5.41, 5.74) is 2.12. The predicted molar refractivity (Wildman–Crippen MR) is 93.5 cm³/mol. The van der Waals surface area contributed by atoms with Crippen LogP contribution in [-0.4, -0.2) is 36.8 Å². The lowest BCUT2D eigenvalue weighted by atomic mass is 9.92. The van der Waals surface area contributed by atoms with E-state index in [1.165, 1.54) is 0 Å². The lowest BCUT2D eigenvalue weighted by Gasteiger charge is -2.28. The average molecular weight is 373 g/mol. The summed E-state index contributed by atoms with van der Waals surface area (Å²) in [6.45, 7) is 0. The van der Waals surface area contributed by atoms with Gasteiger partial charge < -0.3 is 10.1 Å². The summed E-state index contributed by atoms with van der Waals surface area (Å²) < 4.78 is 26.8. The second-order valence-electron chi connectivity index (χ2n) is 6.22. The summed E-state index contributed by atoms with van der Waals surface area (Å²) in [4.78, 5) is 20.1. The molecule has 0 bridgehead atoms. The molecule has 0 saturated heterocycles. The predicted octanol–water partition coefficient (Wildman–Crippen LogP) is 2.74. The van der Waals surface area contributed by atoms with E-state index >= 15 is 0 Å². The Hall–Kier alpha value is -2.68. The number of rotatable bonds is 4. The molecule has 9 heteroatoms. The van der Waals surface area contributed by atoms with Crippen molar-refractivity contribution in [3.63, 3.8) is 0 Å². The number of benzene rings is 1. The summed E-state index contributed by atoms with van der Waals surface area (Å²) >= 11 is 1.13. The highest BCUT2D eigenvalue weighted by Crippen LogP contribution is 2.23. The maximum Gasteiger partial charge on any atom is 0.316 e. The Morgan fingerprint density at radius 2 is 1.85 bits per heavy atom. The number of ether oxygens (including phenoxy) is 1. The number of nitrogens with zero attached hydrogens (tertiary/aromatic N) is 4. The zero-order valence-corrected chi connectivity index (χ0v) is 14.6. The number of carbonyl (C=O) groups is 1. The van der Waals surface area contributed by atoms with E-state index in [4.69, 9.17) is 4.74 Å². The number of hydrogen-bond donors (Lipinski definition) is 1. The molecule has 1 N–H and O–H groups in total. The number of nitrogens with one attached hydrogen (secondary N) is 1. The fraction of sp³-hybridized carbons (Fsp3) is 0.353. The van der Waals surface area contributed by atoms with Crippen LogP contribution >= 0.6 is 11.7 Å². The van der Waals surface area contributed by atoms with E-state index in [1.54, 1.807) is 18.2 Å². The molecule has 26 heavy (non-hydrogen) atoms. The van der Waals surface area contributed by atoms with Crippen molar-refractivity contribution < 1.29 is 13.9 Å². The first-order valence-electron chi connectivity index (χ1n) is 8.35. The van der Waals surface area contributed by atoms with Crippen molar-refractivity contribution in [2.75, 3.05) is 0 Å². The molecule has 1 saturated carbocycles. The smallest absolute Gasteiger partial charge is 0.316 e. The van der Waals surface area contributed by atoms with Crippen molar-refractivity contribution in [2.45, 2.75) is 37.8 Å². The fourth-order valence-electron chi connectivity index (χ4n) is 3.03. The first-order chi connectivity index (χ1) is 12.7. The molecule has 0 unspecified atom stereocenters. The summed E-state index contributed by atoms with van der Waals surface area (Å²) in [5, 5.41) is 3.06. The summed E-state index contributed by atoms with van der Waals surface area (Å²) in [6.07, 6.45) is 5.31. The second-order valence-corrected chi connectivity index (χ2v) is 6.74. The molecule has 1 aromatic carbocycles. The molecule has 3 aromatic rings. The van der Waals surface area contributed by atoms with Gasteiger partial charge in [0, 0.05) is 11.6 Å². The zero-order valence-electron chi connectivity index (χ0n) is 13.8. The van der Waals surface area contributed by atoms with Crippen molar-refractivity contribution in [3.05, 3.63) is 42.0 Å². The first kappa shape index (κ1) is 16.8. The van der Waals surface area contributed by atoms with Gasteiger partial charge in [-0.15, -0.1) is 0 Å².